The average Bonchev–Trinajstić information content (AvgIpc) is 2.71. The average molecular weight is 279 g/mol. The largest absolute Gasteiger partial charge is 0.389 e. The van der Waals surface area contributed by atoms with E-state index >= 15 is 0 Å². The summed E-state index contributed by atoms with van der Waals surface area (Å²) in [5.41, 5.74) is 0.108. The zero-order chi connectivity index (χ0) is 13.8. The zero-order valence-corrected chi connectivity index (χ0v) is 11.4. The molecule has 0 aromatic heterocycles. The van der Waals surface area contributed by atoms with E-state index in [1.165, 1.54) is 19.3 Å². The lowest BCUT2D eigenvalue weighted by Crippen LogP contribution is -2.35. The fourth-order valence-electron chi connectivity index (χ4n) is 3.28. The highest BCUT2D eigenvalue weighted by Crippen LogP contribution is 2.41. The minimum absolute atomic E-state index is 0.108. The van der Waals surface area contributed by atoms with Crippen molar-refractivity contribution in [3.05, 3.63) is 0 Å². The summed E-state index contributed by atoms with van der Waals surface area (Å²) in [6.07, 6.45) is 3.95. The molecule has 1 N–H and O–H groups in total. The minimum atomic E-state index is -4.03. The summed E-state index contributed by atoms with van der Waals surface area (Å²) in [7, 11) is 0. The first-order valence-electron chi connectivity index (χ1n) is 7.44. The van der Waals surface area contributed by atoms with Crippen molar-refractivity contribution in [1.82, 2.24) is 5.32 Å². The van der Waals surface area contributed by atoms with Crippen LogP contribution < -0.4 is 5.32 Å². The summed E-state index contributed by atoms with van der Waals surface area (Å²) in [4.78, 5) is 0. The Labute approximate surface area is 113 Å². The molecule has 1 saturated heterocycles. The van der Waals surface area contributed by atoms with Crippen LogP contribution in [0.5, 0.6) is 0 Å². The normalized spacial score (nSPS) is 27.0. The number of nitrogens with one attached hydrogen (secondary N) is 1. The molecule has 2 aliphatic rings. The predicted octanol–water partition coefficient (Wildman–Crippen LogP) is 3.80. The Balaban J connectivity index is 1.58. The van der Waals surface area contributed by atoms with Gasteiger partial charge in [-0.25, -0.2) is 0 Å². The lowest BCUT2D eigenvalue weighted by Gasteiger charge is -2.33. The third-order valence-corrected chi connectivity index (χ3v) is 4.29. The number of alkyl halides is 3. The van der Waals surface area contributed by atoms with Gasteiger partial charge in [-0.15, -0.1) is 0 Å². The van der Waals surface area contributed by atoms with E-state index in [4.69, 9.17) is 4.74 Å². The molecule has 0 radical (unpaired) electrons. The number of hydrogen-bond acceptors (Lipinski definition) is 2. The smallest absolute Gasteiger partial charge is 0.370 e. The fraction of sp³-hybridized carbons (Fsp3) is 1.00. The van der Waals surface area contributed by atoms with Crippen LogP contribution in [0.25, 0.3) is 0 Å². The first-order valence-corrected chi connectivity index (χ1v) is 7.44. The van der Waals surface area contributed by atoms with Crippen molar-refractivity contribution in [1.29, 1.82) is 0 Å². The molecule has 0 bridgehead atoms. The molecular formula is C14H24F3NO. The maximum absolute atomic E-state index is 12.0. The monoisotopic (exact) mass is 279 g/mol. The summed E-state index contributed by atoms with van der Waals surface area (Å²) in [6, 6.07) is 0. The van der Waals surface area contributed by atoms with Crippen molar-refractivity contribution in [3.63, 3.8) is 0 Å². The third kappa shape index (κ3) is 4.95. The van der Waals surface area contributed by atoms with Gasteiger partial charge in [-0.05, 0) is 38.6 Å². The van der Waals surface area contributed by atoms with Crippen molar-refractivity contribution in [3.8, 4) is 0 Å². The molecule has 5 heteroatoms. The molecule has 1 saturated carbocycles. The number of ether oxygens (including phenoxy) is 1. The molecule has 0 amide bonds. The van der Waals surface area contributed by atoms with Gasteiger partial charge in [-0.2, -0.15) is 13.2 Å². The minimum Gasteiger partial charge on any atom is -0.370 e. The van der Waals surface area contributed by atoms with Gasteiger partial charge in [0, 0.05) is 13.0 Å². The Hall–Kier alpha value is -0.290. The summed E-state index contributed by atoms with van der Waals surface area (Å²) >= 11 is 0. The molecule has 2 fully saturated rings. The second-order valence-corrected chi connectivity index (χ2v) is 5.95. The van der Waals surface area contributed by atoms with Crippen LogP contribution >= 0.6 is 0 Å². The summed E-state index contributed by atoms with van der Waals surface area (Å²) < 4.78 is 42.1. The van der Waals surface area contributed by atoms with Gasteiger partial charge in [0.1, 0.15) is 0 Å². The van der Waals surface area contributed by atoms with Crippen LogP contribution in [0.4, 0.5) is 13.2 Å². The molecule has 1 aliphatic heterocycles. The van der Waals surface area contributed by atoms with E-state index in [9.17, 15) is 13.2 Å². The molecule has 0 aromatic carbocycles. The van der Waals surface area contributed by atoms with Crippen LogP contribution in [0.15, 0.2) is 0 Å². The van der Waals surface area contributed by atoms with Crippen molar-refractivity contribution in [2.75, 3.05) is 13.1 Å². The first kappa shape index (κ1) is 15.1. The summed E-state index contributed by atoms with van der Waals surface area (Å²) in [6.45, 7) is 1.12. The Bertz CT molecular complexity index is 274. The molecule has 1 heterocycles. The van der Waals surface area contributed by atoms with Crippen molar-refractivity contribution >= 4 is 0 Å². The molecule has 0 aromatic rings. The van der Waals surface area contributed by atoms with E-state index in [1.807, 2.05) is 0 Å². The molecule has 112 valence electrons. The van der Waals surface area contributed by atoms with Gasteiger partial charge >= 0.3 is 6.18 Å². The van der Waals surface area contributed by atoms with E-state index in [0.717, 1.165) is 25.7 Å². The number of rotatable bonds is 5. The molecular weight excluding hydrogens is 255 g/mol. The Morgan fingerprint density at radius 3 is 2.53 bits per heavy atom. The lowest BCUT2D eigenvalue weighted by molar-refractivity contribution is -0.135. The van der Waals surface area contributed by atoms with Crippen molar-refractivity contribution in [2.24, 2.45) is 0 Å². The maximum atomic E-state index is 12.0. The summed E-state index contributed by atoms with van der Waals surface area (Å²) in [5, 5.41) is 3.10. The second-order valence-electron chi connectivity index (χ2n) is 5.95. The summed E-state index contributed by atoms with van der Waals surface area (Å²) in [5.74, 6) is 0. The molecule has 2 nitrogen and oxygen atoms in total. The Morgan fingerprint density at radius 1 is 1.11 bits per heavy atom. The molecule has 1 aliphatic carbocycles. The van der Waals surface area contributed by atoms with Gasteiger partial charge in [0.25, 0.3) is 0 Å². The molecule has 1 atom stereocenters. The highest BCUT2D eigenvalue weighted by atomic mass is 19.4. The quantitative estimate of drug-likeness (QED) is 0.773. The standard InChI is InChI=1S/C14H24F3NO/c15-14(16,17)8-4-10-18-11-12-5-9-13(19-12)6-2-1-3-7-13/h12,18H,1-11H2. The van der Waals surface area contributed by atoms with Gasteiger partial charge < -0.3 is 10.1 Å². The van der Waals surface area contributed by atoms with Crippen LogP contribution in [0.3, 0.4) is 0 Å². The topological polar surface area (TPSA) is 21.3 Å². The van der Waals surface area contributed by atoms with Crippen LogP contribution in [-0.4, -0.2) is 31.0 Å². The molecule has 19 heavy (non-hydrogen) atoms. The van der Waals surface area contributed by atoms with E-state index in [1.54, 1.807) is 0 Å². The molecule has 1 unspecified atom stereocenters. The highest BCUT2D eigenvalue weighted by Gasteiger charge is 2.40. The van der Waals surface area contributed by atoms with Crippen molar-refractivity contribution < 1.29 is 17.9 Å². The fourth-order valence-corrected chi connectivity index (χ4v) is 3.28. The van der Waals surface area contributed by atoms with Crippen LogP contribution in [-0.2, 0) is 4.74 Å². The maximum Gasteiger partial charge on any atom is 0.389 e. The number of halogens is 3. The van der Waals surface area contributed by atoms with Gasteiger partial charge in [0.05, 0.1) is 11.7 Å². The molecule has 2 rings (SSSR count). The van der Waals surface area contributed by atoms with E-state index < -0.39 is 12.6 Å². The van der Waals surface area contributed by atoms with Crippen LogP contribution in [0, 0.1) is 0 Å². The Morgan fingerprint density at radius 2 is 1.84 bits per heavy atom. The van der Waals surface area contributed by atoms with Crippen LogP contribution in [0.2, 0.25) is 0 Å². The highest BCUT2D eigenvalue weighted by molar-refractivity contribution is 4.91. The third-order valence-electron chi connectivity index (χ3n) is 4.29. The van der Waals surface area contributed by atoms with E-state index in [0.29, 0.717) is 13.1 Å². The van der Waals surface area contributed by atoms with Gasteiger partial charge in [-0.3, -0.25) is 0 Å². The lowest BCUT2D eigenvalue weighted by atomic mass is 9.83. The first-order chi connectivity index (χ1) is 8.99. The Kier molecular flexibility index (Phi) is 5.12. The van der Waals surface area contributed by atoms with Gasteiger partial charge in [-0.1, -0.05) is 19.3 Å². The van der Waals surface area contributed by atoms with Crippen LogP contribution in [0.1, 0.15) is 57.8 Å². The van der Waals surface area contributed by atoms with Gasteiger partial charge in [0.2, 0.25) is 0 Å². The van der Waals surface area contributed by atoms with E-state index in [-0.39, 0.29) is 18.1 Å². The number of hydrogen-bond donors (Lipinski definition) is 1. The van der Waals surface area contributed by atoms with Gasteiger partial charge in [0.15, 0.2) is 0 Å². The van der Waals surface area contributed by atoms with E-state index in [2.05, 4.69) is 5.32 Å². The second kappa shape index (κ2) is 6.44. The van der Waals surface area contributed by atoms with Crippen molar-refractivity contribution in [2.45, 2.75) is 75.7 Å². The molecule has 1 spiro atoms. The predicted molar refractivity (Wildman–Crippen MR) is 68.1 cm³/mol. The SMILES string of the molecule is FC(F)(F)CCCNCC1CCC2(CCCCC2)O1. The zero-order valence-electron chi connectivity index (χ0n) is 11.4.